The van der Waals surface area contributed by atoms with Gasteiger partial charge in [-0.3, -0.25) is 9.59 Å². The van der Waals surface area contributed by atoms with E-state index in [0.29, 0.717) is 18.7 Å². The van der Waals surface area contributed by atoms with Gasteiger partial charge in [-0.15, -0.1) is 0 Å². The molecule has 1 N–H and O–H groups in total. The van der Waals surface area contributed by atoms with Crippen LogP contribution in [0.25, 0.3) is 0 Å². The molecular weight excluding hydrogens is 318 g/mol. The Balaban J connectivity index is 2.10. The quantitative estimate of drug-likeness (QED) is 0.866. The third-order valence-electron chi connectivity index (χ3n) is 4.08. The Kier molecular flexibility index (Phi) is 6.11. The van der Waals surface area contributed by atoms with E-state index in [1.165, 1.54) is 25.1 Å². The molecule has 7 heteroatoms. The van der Waals surface area contributed by atoms with Gasteiger partial charge in [0.25, 0.3) is 5.91 Å². The van der Waals surface area contributed by atoms with Crippen LogP contribution in [-0.2, 0) is 4.79 Å². The SMILES string of the molecule is CCC[C@@H]1CN(C(=O)c2cccc(OC(F)F)c2)C[C@H]1NC(C)=O. The van der Waals surface area contributed by atoms with Gasteiger partial charge in [0.15, 0.2) is 0 Å². The van der Waals surface area contributed by atoms with E-state index in [9.17, 15) is 18.4 Å². The number of ether oxygens (including phenoxy) is 1. The number of halogens is 2. The maximum atomic E-state index is 12.6. The van der Waals surface area contributed by atoms with E-state index < -0.39 is 6.61 Å². The standard InChI is InChI=1S/C17H22F2N2O3/c1-3-5-13-9-21(10-15(13)20-11(2)22)16(23)12-6-4-7-14(8-12)24-17(18)19/h4,6-8,13,15,17H,3,5,9-10H2,1-2H3,(H,20,22)/t13-,15-/m1/s1. The van der Waals surface area contributed by atoms with Crippen LogP contribution in [0.3, 0.4) is 0 Å². The van der Waals surface area contributed by atoms with Gasteiger partial charge in [0.05, 0.1) is 6.04 Å². The molecule has 2 amide bonds. The number of hydrogen-bond donors (Lipinski definition) is 1. The summed E-state index contributed by atoms with van der Waals surface area (Å²) in [6.45, 7) is 1.54. The molecule has 2 atom stereocenters. The van der Waals surface area contributed by atoms with E-state index in [0.717, 1.165) is 12.8 Å². The summed E-state index contributed by atoms with van der Waals surface area (Å²) in [6, 6.07) is 5.70. The van der Waals surface area contributed by atoms with Crippen LogP contribution in [0.15, 0.2) is 24.3 Å². The highest BCUT2D eigenvalue weighted by Gasteiger charge is 2.35. The first-order chi connectivity index (χ1) is 11.4. The van der Waals surface area contributed by atoms with Crippen molar-refractivity contribution in [2.45, 2.75) is 39.3 Å². The highest BCUT2D eigenvalue weighted by molar-refractivity contribution is 5.95. The third kappa shape index (κ3) is 4.66. The van der Waals surface area contributed by atoms with Gasteiger partial charge in [0.1, 0.15) is 5.75 Å². The number of alkyl halides is 2. The Bertz CT molecular complexity index is 595. The molecule has 0 radical (unpaired) electrons. The number of amides is 2. The lowest BCUT2D eigenvalue weighted by Gasteiger charge is -2.17. The zero-order chi connectivity index (χ0) is 17.7. The average Bonchev–Trinajstić information content (AvgIpc) is 2.88. The number of rotatable bonds is 6. The average molecular weight is 340 g/mol. The van der Waals surface area contributed by atoms with Crippen LogP contribution >= 0.6 is 0 Å². The number of nitrogens with one attached hydrogen (secondary N) is 1. The van der Waals surface area contributed by atoms with Gasteiger partial charge >= 0.3 is 6.61 Å². The minimum Gasteiger partial charge on any atom is -0.435 e. The van der Waals surface area contributed by atoms with Crippen LogP contribution in [0.4, 0.5) is 8.78 Å². The summed E-state index contributed by atoms with van der Waals surface area (Å²) in [5.74, 6) is -0.215. The van der Waals surface area contributed by atoms with E-state index in [-0.39, 0.29) is 29.5 Å². The molecule has 0 aromatic heterocycles. The smallest absolute Gasteiger partial charge is 0.387 e. The molecule has 1 aliphatic heterocycles. The molecule has 0 saturated carbocycles. The zero-order valence-corrected chi connectivity index (χ0v) is 13.8. The first-order valence-electron chi connectivity index (χ1n) is 8.02. The largest absolute Gasteiger partial charge is 0.435 e. The van der Waals surface area contributed by atoms with Crippen molar-refractivity contribution in [1.82, 2.24) is 10.2 Å². The highest BCUT2D eigenvalue weighted by Crippen LogP contribution is 2.25. The van der Waals surface area contributed by atoms with E-state index in [1.54, 1.807) is 11.0 Å². The van der Waals surface area contributed by atoms with Crippen molar-refractivity contribution in [2.75, 3.05) is 13.1 Å². The van der Waals surface area contributed by atoms with Crippen LogP contribution in [0.2, 0.25) is 0 Å². The Morgan fingerprint density at radius 1 is 1.38 bits per heavy atom. The molecule has 24 heavy (non-hydrogen) atoms. The number of carbonyl (C=O) groups is 2. The number of benzene rings is 1. The van der Waals surface area contributed by atoms with E-state index in [4.69, 9.17) is 0 Å². The summed E-state index contributed by atoms with van der Waals surface area (Å²) in [4.78, 5) is 25.6. The molecule has 132 valence electrons. The Labute approximate surface area is 140 Å². The first kappa shape index (κ1) is 18.2. The van der Waals surface area contributed by atoms with Gasteiger partial charge in [-0.2, -0.15) is 8.78 Å². The van der Waals surface area contributed by atoms with Gasteiger partial charge in [0, 0.05) is 25.6 Å². The summed E-state index contributed by atoms with van der Waals surface area (Å²) in [5, 5.41) is 2.89. The number of nitrogens with zero attached hydrogens (tertiary/aromatic N) is 1. The van der Waals surface area contributed by atoms with E-state index in [1.807, 2.05) is 0 Å². The fourth-order valence-corrected chi connectivity index (χ4v) is 3.11. The lowest BCUT2D eigenvalue weighted by Crippen LogP contribution is -2.39. The molecule has 0 aliphatic carbocycles. The first-order valence-corrected chi connectivity index (χ1v) is 8.02. The fourth-order valence-electron chi connectivity index (χ4n) is 3.11. The predicted molar refractivity (Wildman–Crippen MR) is 85.0 cm³/mol. The molecule has 1 saturated heterocycles. The monoisotopic (exact) mass is 340 g/mol. The zero-order valence-electron chi connectivity index (χ0n) is 13.8. The maximum absolute atomic E-state index is 12.6. The minimum atomic E-state index is -2.93. The van der Waals surface area contributed by atoms with E-state index in [2.05, 4.69) is 17.0 Å². The van der Waals surface area contributed by atoms with Gasteiger partial charge in [-0.1, -0.05) is 19.4 Å². The molecule has 0 spiro atoms. The van der Waals surface area contributed by atoms with Crippen molar-refractivity contribution in [3.63, 3.8) is 0 Å². The van der Waals surface area contributed by atoms with Crippen molar-refractivity contribution in [1.29, 1.82) is 0 Å². The van der Waals surface area contributed by atoms with Gasteiger partial charge < -0.3 is 15.0 Å². The Morgan fingerprint density at radius 2 is 2.12 bits per heavy atom. The number of carbonyl (C=O) groups excluding carboxylic acids is 2. The summed E-state index contributed by atoms with van der Waals surface area (Å²) in [7, 11) is 0. The fraction of sp³-hybridized carbons (Fsp3) is 0.529. The van der Waals surface area contributed by atoms with E-state index >= 15 is 0 Å². The molecule has 2 rings (SSSR count). The molecule has 1 aromatic rings. The second-order valence-corrected chi connectivity index (χ2v) is 5.97. The third-order valence-corrected chi connectivity index (χ3v) is 4.08. The van der Waals surface area contributed by atoms with Gasteiger partial charge in [-0.05, 0) is 30.5 Å². The molecule has 1 heterocycles. The lowest BCUT2D eigenvalue weighted by atomic mass is 9.98. The van der Waals surface area contributed by atoms with Crippen LogP contribution in [-0.4, -0.2) is 42.5 Å². The molecular formula is C17H22F2N2O3. The van der Waals surface area contributed by atoms with Crippen molar-refractivity contribution in [3.05, 3.63) is 29.8 Å². The van der Waals surface area contributed by atoms with Crippen molar-refractivity contribution in [2.24, 2.45) is 5.92 Å². The summed E-state index contributed by atoms with van der Waals surface area (Å²) in [5.41, 5.74) is 0.298. The van der Waals surface area contributed by atoms with Crippen LogP contribution < -0.4 is 10.1 Å². The van der Waals surface area contributed by atoms with Crippen molar-refractivity contribution < 1.29 is 23.1 Å². The topological polar surface area (TPSA) is 58.6 Å². The molecule has 1 aliphatic rings. The molecule has 1 aromatic carbocycles. The second-order valence-electron chi connectivity index (χ2n) is 5.97. The predicted octanol–water partition coefficient (Wildman–Crippen LogP) is 2.66. The van der Waals surface area contributed by atoms with Gasteiger partial charge in [-0.25, -0.2) is 0 Å². The normalized spacial score (nSPS) is 20.3. The van der Waals surface area contributed by atoms with Crippen molar-refractivity contribution in [3.8, 4) is 5.75 Å². The molecule has 0 bridgehead atoms. The number of hydrogen-bond acceptors (Lipinski definition) is 3. The van der Waals surface area contributed by atoms with Crippen LogP contribution in [0.1, 0.15) is 37.0 Å². The van der Waals surface area contributed by atoms with Crippen LogP contribution in [0.5, 0.6) is 5.75 Å². The molecule has 5 nitrogen and oxygen atoms in total. The molecule has 1 fully saturated rings. The van der Waals surface area contributed by atoms with Crippen LogP contribution in [0, 0.1) is 5.92 Å². The lowest BCUT2D eigenvalue weighted by molar-refractivity contribution is -0.119. The number of likely N-dealkylation sites (tertiary alicyclic amines) is 1. The Morgan fingerprint density at radius 3 is 2.75 bits per heavy atom. The summed E-state index contributed by atoms with van der Waals surface area (Å²) < 4.78 is 29.0. The van der Waals surface area contributed by atoms with Gasteiger partial charge in [0.2, 0.25) is 5.91 Å². The minimum absolute atomic E-state index is 0.0430. The Hall–Kier alpha value is -2.18. The second kappa shape index (κ2) is 8.08. The summed E-state index contributed by atoms with van der Waals surface area (Å²) in [6.07, 6.45) is 1.86. The van der Waals surface area contributed by atoms with Crippen molar-refractivity contribution >= 4 is 11.8 Å². The molecule has 0 unspecified atom stereocenters. The maximum Gasteiger partial charge on any atom is 0.387 e. The summed E-state index contributed by atoms with van der Waals surface area (Å²) >= 11 is 0. The highest BCUT2D eigenvalue weighted by atomic mass is 19.3.